The van der Waals surface area contributed by atoms with Crippen molar-refractivity contribution >= 4 is 10.9 Å². The van der Waals surface area contributed by atoms with Gasteiger partial charge in [0, 0.05) is 5.39 Å². The third-order valence-electron chi connectivity index (χ3n) is 4.12. The fraction of sp³-hybridized carbons (Fsp3) is 0.167. The standard InChI is InChI=1S/C18H9F6NO2/c19-17(20,21)12-3-1-2-10-11(7-15(18(22,23)24)25-16(10)12)9-4-5-13-14(6-9)27-8-26-13/h1-7H,8H2. The molecule has 1 aliphatic rings. The Bertz CT molecular complexity index is 1040. The smallest absolute Gasteiger partial charge is 0.433 e. The number of para-hydroxylation sites is 1. The molecule has 9 heteroatoms. The van der Waals surface area contributed by atoms with E-state index in [2.05, 4.69) is 4.98 Å². The van der Waals surface area contributed by atoms with Crippen LogP contribution >= 0.6 is 0 Å². The summed E-state index contributed by atoms with van der Waals surface area (Å²) in [7, 11) is 0. The summed E-state index contributed by atoms with van der Waals surface area (Å²) >= 11 is 0. The lowest BCUT2D eigenvalue weighted by atomic mass is 9.97. The Morgan fingerprint density at radius 2 is 1.56 bits per heavy atom. The van der Waals surface area contributed by atoms with Gasteiger partial charge in [-0.2, -0.15) is 26.3 Å². The minimum Gasteiger partial charge on any atom is -0.454 e. The van der Waals surface area contributed by atoms with Gasteiger partial charge in [-0.05, 0) is 35.4 Å². The number of ether oxygens (including phenoxy) is 2. The van der Waals surface area contributed by atoms with Gasteiger partial charge in [0.05, 0.1) is 11.1 Å². The molecule has 1 aromatic heterocycles. The summed E-state index contributed by atoms with van der Waals surface area (Å²) in [4.78, 5) is 3.27. The predicted octanol–water partition coefficient (Wildman–Crippen LogP) is 5.67. The molecular weight excluding hydrogens is 376 g/mol. The number of aromatic nitrogens is 1. The van der Waals surface area contributed by atoms with Crippen LogP contribution in [-0.4, -0.2) is 11.8 Å². The number of fused-ring (bicyclic) bond motifs is 2. The van der Waals surface area contributed by atoms with Crippen molar-refractivity contribution in [3.05, 3.63) is 53.7 Å². The van der Waals surface area contributed by atoms with Crippen LogP contribution in [0.25, 0.3) is 22.0 Å². The zero-order valence-electron chi connectivity index (χ0n) is 13.3. The number of halogens is 6. The average molecular weight is 385 g/mol. The van der Waals surface area contributed by atoms with Crippen LogP contribution in [0.1, 0.15) is 11.3 Å². The molecule has 0 radical (unpaired) electrons. The van der Waals surface area contributed by atoms with E-state index in [1.54, 1.807) is 0 Å². The van der Waals surface area contributed by atoms with Gasteiger partial charge >= 0.3 is 12.4 Å². The maximum Gasteiger partial charge on any atom is 0.433 e. The van der Waals surface area contributed by atoms with Crippen molar-refractivity contribution in [1.82, 2.24) is 4.98 Å². The molecule has 0 bridgehead atoms. The zero-order valence-corrected chi connectivity index (χ0v) is 13.3. The normalized spacial score (nSPS) is 14.0. The van der Waals surface area contributed by atoms with Crippen molar-refractivity contribution in [2.75, 3.05) is 6.79 Å². The van der Waals surface area contributed by atoms with E-state index in [1.807, 2.05) is 0 Å². The van der Waals surface area contributed by atoms with E-state index in [0.29, 0.717) is 17.6 Å². The highest BCUT2D eigenvalue weighted by Crippen LogP contribution is 2.42. The first-order valence-corrected chi connectivity index (χ1v) is 7.63. The fourth-order valence-corrected chi connectivity index (χ4v) is 2.93. The molecule has 1 aliphatic heterocycles. The van der Waals surface area contributed by atoms with Crippen LogP contribution in [0.4, 0.5) is 26.3 Å². The van der Waals surface area contributed by atoms with Crippen molar-refractivity contribution in [2.45, 2.75) is 12.4 Å². The second-order valence-electron chi connectivity index (χ2n) is 5.82. The summed E-state index contributed by atoms with van der Waals surface area (Å²) in [6.45, 7) is -0.0398. The number of hydrogen-bond acceptors (Lipinski definition) is 3. The molecule has 0 spiro atoms. The average Bonchev–Trinajstić information content (AvgIpc) is 3.06. The third-order valence-corrected chi connectivity index (χ3v) is 4.12. The van der Waals surface area contributed by atoms with Gasteiger partial charge in [0.15, 0.2) is 11.5 Å². The number of nitrogens with zero attached hydrogens (tertiary/aromatic N) is 1. The van der Waals surface area contributed by atoms with E-state index in [0.717, 1.165) is 12.1 Å². The quantitative estimate of drug-likeness (QED) is 0.506. The van der Waals surface area contributed by atoms with Gasteiger partial charge in [-0.3, -0.25) is 0 Å². The summed E-state index contributed by atoms with van der Waals surface area (Å²) in [6, 6.07) is 8.26. The van der Waals surface area contributed by atoms with Crippen molar-refractivity contribution in [2.24, 2.45) is 0 Å². The Morgan fingerprint density at radius 1 is 0.815 bits per heavy atom. The van der Waals surface area contributed by atoms with Crippen LogP contribution in [0.3, 0.4) is 0 Å². The van der Waals surface area contributed by atoms with Gasteiger partial charge < -0.3 is 9.47 Å². The van der Waals surface area contributed by atoms with Crippen molar-refractivity contribution in [1.29, 1.82) is 0 Å². The Labute approximate surface area is 148 Å². The Hall–Kier alpha value is -2.97. The zero-order chi connectivity index (χ0) is 19.4. The van der Waals surface area contributed by atoms with Gasteiger partial charge in [0.25, 0.3) is 0 Å². The molecular formula is C18H9F6NO2. The number of pyridine rings is 1. The van der Waals surface area contributed by atoms with Gasteiger partial charge in [-0.1, -0.05) is 18.2 Å². The third kappa shape index (κ3) is 3.02. The van der Waals surface area contributed by atoms with E-state index < -0.39 is 29.1 Å². The van der Waals surface area contributed by atoms with Gasteiger partial charge in [-0.15, -0.1) is 0 Å². The van der Waals surface area contributed by atoms with Gasteiger partial charge in [0.1, 0.15) is 5.69 Å². The molecule has 2 heterocycles. The van der Waals surface area contributed by atoms with E-state index >= 15 is 0 Å². The molecule has 2 aromatic carbocycles. The molecule has 4 rings (SSSR count). The number of hydrogen-bond donors (Lipinski definition) is 0. The highest BCUT2D eigenvalue weighted by molar-refractivity contribution is 5.97. The first kappa shape index (κ1) is 17.4. The molecule has 3 aromatic rings. The van der Waals surface area contributed by atoms with Crippen LogP contribution in [0, 0.1) is 0 Å². The van der Waals surface area contributed by atoms with E-state index in [4.69, 9.17) is 9.47 Å². The SMILES string of the molecule is FC(F)(F)c1cc(-c2ccc3c(c2)OCO3)c2cccc(C(F)(F)F)c2n1. The first-order valence-electron chi connectivity index (χ1n) is 7.63. The van der Waals surface area contributed by atoms with Crippen molar-refractivity contribution in [3.8, 4) is 22.6 Å². The molecule has 140 valence electrons. The highest BCUT2D eigenvalue weighted by Gasteiger charge is 2.37. The molecule has 0 N–H and O–H groups in total. The molecule has 0 saturated carbocycles. The Morgan fingerprint density at radius 3 is 2.26 bits per heavy atom. The van der Waals surface area contributed by atoms with Gasteiger partial charge in [-0.25, -0.2) is 4.98 Å². The Balaban J connectivity index is 2.05. The monoisotopic (exact) mass is 385 g/mol. The summed E-state index contributed by atoms with van der Waals surface area (Å²) in [5.74, 6) is 0.710. The van der Waals surface area contributed by atoms with Crippen molar-refractivity contribution in [3.63, 3.8) is 0 Å². The van der Waals surface area contributed by atoms with Crippen LogP contribution in [0.2, 0.25) is 0 Å². The van der Waals surface area contributed by atoms with E-state index in [-0.39, 0.29) is 23.3 Å². The summed E-state index contributed by atoms with van der Waals surface area (Å²) < 4.78 is 90.1. The van der Waals surface area contributed by atoms with Crippen LogP contribution < -0.4 is 9.47 Å². The van der Waals surface area contributed by atoms with E-state index in [9.17, 15) is 26.3 Å². The molecule has 0 aliphatic carbocycles. The second kappa shape index (κ2) is 5.77. The van der Waals surface area contributed by atoms with Crippen LogP contribution in [0.15, 0.2) is 42.5 Å². The lowest BCUT2D eigenvalue weighted by molar-refractivity contribution is -0.142. The Kier molecular flexibility index (Phi) is 3.72. The highest BCUT2D eigenvalue weighted by atomic mass is 19.4. The second-order valence-corrected chi connectivity index (χ2v) is 5.82. The molecule has 3 nitrogen and oxygen atoms in total. The van der Waals surface area contributed by atoms with Crippen molar-refractivity contribution < 1.29 is 35.8 Å². The lowest BCUT2D eigenvalue weighted by Crippen LogP contribution is -2.12. The lowest BCUT2D eigenvalue weighted by Gasteiger charge is -2.16. The van der Waals surface area contributed by atoms with Gasteiger partial charge in [0.2, 0.25) is 6.79 Å². The number of benzene rings is 2. The minimum atomic E-state index is -4.90. The fourth-order valence-electron chi connectivity index (χ4n) is 2.93. The first-order chi connectivity index (χ1) is 12.6. The molecule has 0 amide bonds. The largest absolute Gasteiger partial charge is 0.454 e. The predicted molar refractivity (Wildman–Crippen MR) is 83.3 cm³/mol. The summed E-state index contributed by atoms with van der Waals surface area (Å²) in [5, 5.41) is -0.0447. The minimum absolute atomic E-state index is 0.0308. The topological polar surface area (TPSA) is 31.4 Å². The number of rotatable bonds is 1. The molecule has 0 unspecified atom stereocenters. The maximum atomic E-state index is 13.3. The maximum absolute atomic E-state index is 13.3. The summed E-state index contributed by atoms with van der Waals surface area (Å²) in [5.41, 5.74) is -3.16. The number of alkyl halides is 6. The van der Waals surface area contributed by atoms with E-state index in [1.165, 1.54) is 24.3 Å². The van der Waals surface area contributed by atoms with Crippen LogP contribution in [-0.2, 0) is 12.4 Å². The molecule has 0 saturated heterocycles. The summed E-state index contributed by atoms with van der Waals surface area (Å²) in [6.07, 6.45) is -9.75. The van der Waals surface area contributed by atoms with Crippen LogP contribution in [0.5, 0.6) is 11.5 Å². The molecule has 0 atom stereocenters. The molecule has 0 fully saturated rings. The molecule has 27 heavy (non-hydrogen) atoms.